The molecule has 1 atom stereocenters. The zero-order valence-electron chi connectivity index (χ0n) is 12.2. The van der Waals surface area contributed by atoms with E-state index in [1.165, 1.54) is 24.3 Å². The van der Waals surface area contributed by atoms with Crippen LogP contribution in [0, 0.1) is 5.82 Å². The van der Waals surface area contributed by atoms with Gasteiger partial charge in [0.15, 0.2) is 0 Å². The number of rotatable bonds is 4. The van der Waals surface area contributed by atoms with Crippen molar-refractivity contribution in [2.45, 2.75) is 38.3 Å². The molecule has 5 nitrogen and oxygen atoms in total. The first-order valence-corrected chi connectivity index (χ1v) is 7.30. The fourth-order valence-corrected chi connectivity index (χ4v) is 2.47. The molecule has 0 radical (unpaired) electrons. The zero-order chi connectivity index (χ0) is 15.7. The zero-order valence-corrected chi connectivity index (χ0v) is 12.2. The lowest BCUT2D eigenvalue weighted by molar-refractivity contribution is 0.0871. The smallest absolute Gasteiger partial charge is 0.290 e. The van der Waals surface area contributed by atoms with Crippen LogP contribution >= 0.6 is 0 Å². The number of benzene rings is 1. The van der Waals surface area contributed by atoms with Gasteiger partial charge in [-0.2, -0.15) is 0 Å². The molecule has 2 aromatic rings. The van der Waals surface area contributed by atoms with Crippen molar-refractivity contribution < 1.29 is 18.8 Å². The highest BCUT2D eigenvalue weighted by molar-refractivity contribution is 5.94. The number of aliphatic hydroxyl groups is 1. The Morgan fingerprint density at radius 2 is 2.09 bits per heavy atom. The summed E-state index contributed by atoms with van der Waals surface area (Å²) in [6.45, 7) is 1.54. The summed E-state index contributed by atoms with van der Waals surface area (Å²) in [6.07, 6.45) is 2.09. The third-order valence-electron chi connectivity index (χ3n) is 3.91. The molecule has 3 rings (SSSR count). The van der Waals surface area contributed by atoms with Crippen LogP contribution in [0.4, 0.5) is 4.39 Å². The fourth-order valence-electron chi connectivity index (χ4n) is 2.47. The Labute approximate surface area is 127 Å². The molecule has 6 heteroatoms. The number of hydrogen-bond acceptors (Lipinski definition) is 4. The van der Waals surface area contributed by atoms with Crippen LogP contribution < -0.4 is 5.32 Å². The van der Waals surface area contributed by atoms with Gasteiger partial charge in [-0.25, -0.2) is 4.39 Å². The summed E-state index contributed by atoms with van der Waals surface area (Å²) in [5.74, 6) is -0.725. The van der Waals surface area contributed by atoms with Crippen LogP contribution in [0.25, 0.3) is 11.3 Å². The Hall–Kier alpha value is -2.21. The van der Waals surface area contributed by atoms with Crippen molar-refractivity contribution in [1.82, 2.24) is 10.5 Å². The van der Waals surface area contributed by atoms with Gasteiger partial charge in [0, 0.05) is 11.6 Å². The van der Waals surface area contributed by atoms with Crippen molar-refractivity contribution in [1.29, 1.82) is 0 Å². The Bertz CT molecular complexity index is 675. The Morgan fingerprint density at radius 1 is 1.41 bits per heavy atom. The Balaban J connectivity index is 1.94. The minimum Gasteiger partial charge on any atom is -0.388 e. The average Bonchev–Trinajstić information content (AvgIpc) is 2.88. The monoisotopic (exact) mass is 304 g/mol. The second-order valence-corrected chi connectivity index (χ2v) is 5.56. The maximum atomic E-state index is 13.0. The summed E-state index contributed by atoms with van der Waals surface area (Å²) < 4.78 is 18.2. The molecule has 0 spiro atoms. The van der Waals surface area contributed by atoms with Crippen molar-refractivity contribution in [2.24, 2.45) is 0 Å². The van der Waals surface area contributed by atoms with Crippen molar-refractivity contribution in [3.05, 3.63) is 41.4 Å². The predicted octanol–water partition coefficient (Wildman–Crippen LogP) is 2.82. The van der Waals surface area contributed by atoms with Crippen molar-refractivity contribution in [3.63, 3.8) is 0 Å². The van der Waals surface area contributed by atoms with Gasteiger partial charge in [0.25, 0.3) is 5.91 Å². The minimum absolute atomic E-state index is 0.0150. The van der Waals surface area contributed by atoms with E-state index in [0.717, 1.165) is 19.3 Å². The molecule has 1 aromatic heterocycles. The van der Waals surface area contributed by atoms with Gasteiger partial charge in [-0.1, -0.05) is 5.16 Å². The summed E-state index contributed by atoms with van der Waals surface area (Å²) in [4.78, 5) is 12.3. The van der Waals surface area contributed by atoms with E-state index in [9.17, 15) is 14.3 Å². The van der Waals surface area contributed by atoms with E-state index in [1.54, 1.807) is 6.92 Å². The van der Waals surface area contributed by atoms with Gasteiger partial charge in [-0.15, -0.1) is 0 Å². The first-order chi connectivity index (χ1) is 10.6. The first kappa shape index (κ1) is 14.7. The predicted molar refractivity (Wildman–Crippen MR) is 77.6 cm³/mol. The Morgan fingerprint density at radius 3 is 2.64 bits per heavy atom. The third kappa shape index (κ3) is 2.74. The number of aliphatic hydroxyl groups excluding tert-OH is 1. The molecule has 2 N–H and O–H groups in total. The van der Waals surface area contributed by atoms with Gasteiger partial charge in [0.05, 0.1) is 11.7 Å². The highest BCUT2D eigenvalue weighted by atomic mass is 19.1. The second-order valence-electron chi connectivity index (χ2n) is 5.56. The number of carbonyl (C=O) groups excluding carboxylic acids is 1. The maximum absolute atomic E-state index is 13.0. The standard InChI is InChI=1S/C16H17FN2O3/c1-9(20)13-14(10-5-7-11(17)8-6-10)19-22-15(13)16(21)18-12-3-2-4-12/h5-9,12,20H,2-4H2,1H3,(H,18,21)/t9-/m0/s1. The molecular formula is C16H17FN2O3. The lowest BCUT2D eigenvalue weighted by atomic mass is 9.93. The van der Waals surface area contributed by atoms with Crippen LogP contribution in [0.1, 0.15) is 48.4 Å². The van der Waals surface area contributed by atoms with E-state index >= 15 is 0 Å². The number of aromatic nitrogens is 1. The highest BCUT2D eigenvalue weighted by Crippen LogP contribution is 2.31. The number of nitrogens with one attached hydrogen (secondary N) is 1. The van der Waals surface area contributed by atoms with Crippen molar-refractivity contribution >= 4 is 5.91 Å². The van der Waals surface area contributed by atoms with Crippen molar-refractivity contribution in [3.8, 4) is 11.3 Å². The van der Waals surface area contributed by atoms with Crippen LogP contribution in [0.3, 0.4) is 0 Å². The summed E-state index contributed by atoms with van der Waals surface area (Å²) >= 11 is 0. The van der Waals surface area contributed by atoms with Gasteiger partial charge >= 0.3 is 0 Å². The normalized spacial score (nSPS) is 16.1. The van der Waals surface area contributed by atoms with Gasteiger partial charge in [-0.05, 0) is 50.5 Å². The first-order valence-electron chi connectivity index (χ1n) is 7.30. The third-order valence-corrected chi connectivity index (χ3v) is 3.91. The molecule has 116 valence electrons. The molecular weight excluding hydrogens is 287 g/mol. The molecule has 0 bridgehead atoms. The van der Waals surface area contributed by atoms with E-state index in [0.29, 0.717) is 16.8 Å². The SMILES string of the molecule is C[C@H](O)c1c(-c2ccc(F)cc2)noc1C(=O)NC1CCC1. The quantitative estimate of drug-likeness (QED) is 0.910. The maximum Gasteiger partial charge on any atom is 0.290 e. The summed E-state index contributed by atoms with van der Waals surface area (Å²) in [5, 5.41) is 16.7. The van der Waals surface area contributed by atoms with Crippen LogP contribution in [0.5, 0.6) is 0 Å². The van der Waals surface area contributed by atoms with Crippen molar-refractivity contribution in [2.75, 3.05) is 0 Å². The number of hydrogen-bond donors (Lipinski definition) is 2. The summed E-state index contributed by atoms with van der Waals surface area (Å²) in [5.41, 5.74) is 1.26. The molecule has 1 saturated carbocycles. The molecule has 1 aliphatic carbocycles. The van der Waals surface area contributed by atoms with E-state index < -0.39 is 6.10 Å². The second kappa shape index (κ2) is 5.88. The van der Waals surface area contributed by atoms with Gasteiger partial charge in [0.1, 0.15) is 11.5 Å². The molecule has 0 saturated heterocycles. The van der Waals surface area contributed by atoms with E-state index in [2.05, 4.69) is 10.5 Å². The van der Waals surface area contributed by atoms with E-state index in [4.69, 9.17) is 4.52 Å². The lowest BCUT2D eigenvalue weighted by Crippen LogP contribution is -2.39. The minimum atomic E-state index is -0.923. The number of carbonyl (C=O) groups is 1. The average molecular weight is 304 g/mol. The van der Waals surface area contributed by atoms with Gasteiger partial charge in [-0.3, -0.25) is 4.79 Å². The van der Waals surface area contributed by atoms with Gasteiger partial charge in [0.2, 0.25) is 5.76 Å². The number of halogens is 1. The van der Waals surface area contributed by atoms with Crippen LogP contribution in [-0.2, 0) is 0 Å². The van der Waals surface area contributed by atoms with Crippen LogP contribution in [-0.4, -0.2) is 22.2 Å². The molecule has 1 aliphatic rings. The molecule has 1 aromatic carbocycles. The fraction of sp³-hybridized carbons (Fsp3) is 0.375. The molecule has 22 heavy (non-hydrogen) atoms. The molecule has 1 heterocycles. The molecule has 0 aliphatic heterocycles. The highest BCUT2D eigenvalue weighted by Gasteiger charge is 2.29. The number of amides is 1. The summed E-state index contributed by atoms with van der Waals surface area (Å²) in [7, 11) is 0. The molecule has 1 amide bonds. The largest absolute Gasteiger partial charge is 0.388 e. The topological polar surface area (TPSA) is 75.4 Å². The van der Waals surface area contributed by atoms with Crippen LogP contribution in [0.15, 0.2) is 28.8 Å². The van der Waals surface area contributed by atoms with Gasteiger partial charge < -0.3 is 14.9 Å². The molecule has 1 fully saturated rings. The Kier molecular flexibility index (Phi) is 3.94. The number of nitrogens with zero attached hydrogens (tertiary/aromatic N) is 1. The summed E-state index contributed by atoms with van der Waals surface area (Å²) in [6, 6.07) is 5.82. The molecule has 0 unspecified atom stereocenters. The van der Waals surface area contributed by atoms with E-state index in [1.807, 2.05) is 0 Å². The van der Waals surface area contributed by atoms with E-state index in [-0.39, 0.29) is 23.5 Å². The van der Waals surface area contributed by atoms with Crippen LogP contribution in [0.2, 0.25) is 0 Å². The lowest BCUT2D eigenvalue weighted by Gasteiger charge is -2.25.